The van der Waals surface area contributed by atoms with Crippen LogP contribution >= 0.6 is 0 Å². The van der Waals surface area contributed by atoms with Crippen LogP contribution in [0.5, 0.6) is 5.75 Å². The molecule has 84 valence electrons. The van der Waals surface area contributed by atoms with Crippen LogP contribution in [0.15, 0.2) is 24.3 Å². The first-order chi connectivity index (χ1) is 7.24. The van der Waals surface area contributed by atoms with Crippen molar-refractivity contribution in [2.75, 3.05) is 13.7 Å². The van der Waals surface area contributed by atoms with Gasteiger partial charge in [-0.1, -0.05) is 32.0 Å². The minimum Gasteiger partial charge on any atom is -0.496 e. The van der Waals surface area contributed by atoms with E-state index in [2.05, 4.69) is 26.0 Å². The van der Waals surface area contributed by atoms with Gasteiger partial charge in [-0.25, -0.2) is 0 Å². The van der Waals surface area contributed by atoms with Crippen LogP contribution in [-0.2, 0) is 0 Å². The minimum atomic E-state index is 0.492. The molecule has 0 spiro atoms. The third-order valence-electron chi connectivity index (χ3n) is 3.04. The predicted octanol–water partition coefficient (Wildman–Crippen LogP) is 2.78. The summed E-state index contributed by atoms with van der Waals surface area (Å²) in [6.07, 6.45) is 1.10. The highest BCUT2D eigenvalue weighted by Gasteiger charge is 2.19. The average molecular weight is 207 g/mol. The molecule has 0 fully saturated rings. The zero-order valence-electron chi connectivity index (χ0n) is 9.86. The average Bonchev–Trinajstić information content (AvgIpc) is 2.30. The summed E-state index contributed by atoms with van der Waals surface area (Å²) < 4.78 is 5.38. The molecule has 0 bridgehead atoms. The number of hydrogen-bond acceptors (Lipinski definition) is 2. The summed E-state index contributed by atoms with van der Waals surface area (Å²) in [5.41, 5.74) is 7.01. The molecule has 1 aromatic carbocycles. The molecule has 1 rings (SSSR count). The number of nitrogens with two attached hydrogens (primary N) is 1. The van der Waals surface area contributed by atoms with E-state index in [4.69, 9.17) is 10.5 Å². The summed E-state index contributed by atoms with van der Waals surface area (Å²) in [6, 6.07) is 8.21. The highest BCUT2D eigenvalue weighted by molar-refractivity contribution is 5.36. The molecule has 0 amide bonds. The smallest absolute Gasteiger partial charge is 0.122 e. The molecule has 0 aliphatic heterocycles. The van der Waals surface area contributed by atoms with E-state index in [1.165, 1.54) is 5.56 Å². The molecule has 0 heterocycles. The van der Waals surface area contributed by atoms with Crippen molar-refractivity contribution in [1.82, 2.24) is 0 Å². The van der Waals surface area contributed by atoms with Gasteiger partial charge in [0.25, 0.3) is 0 Å². The summed E-state index contributed by atoms with van der Waals surface area (Å²) in [6.45, 7) is 5.11. The van der Waals surface area contributed by atoms with Crippen LogP contribution in [0.4, 0.5) is 0 Å². The Morgan fingerprint density at radius 2 is 2.00 bits per heavy atom. The zero-order valence-corrected chi connectivity index (χ0v) is 9.86. The Bertz CT molecular complexity index is 298. The van der Waals surface area contributed by atoms with Gasteiger partial charge >= 0.3 is 0 Å². The van der Waals surface area contributed by atoms with Crippen molar-refractivity contribution in [2.24, 2.45) is 11.7 Å². The van der Waals surface area contributed by atoms with Crippen LogP contribution in [0.1, 0.15) is 31.7 Å². The summed E-state index contributed by atoms with van der Waals surface area (Å²) in [5, 5.41) is 0. The maximum absolute atomic E-state index is 5.74. The second-order valence-electron chi connectivity index (χ2n) is 3.97. The molecule has 2 nitrogen and oxygen atoms in total. The summed E-state index contributed by atoms with van der Waals surface area (Å²) in [5.74, 6) is 1.96. The van der Waals surface area contributed by atoms with Crippen molar-refractivity contribution < 1.29 is 4.74 Å². The van der Waals surface area contributed by atoms with Crippen molar-refractivity contribution >= 4 is 0 Å². The first-order valence-corrected chi connectivity index (χ1v) is 5.57. The van der Waals surface area contributed by atoms with Crippen LogP contribution < -0.4 is 10.5 Å². The van der Waals surface area contributed by atoms with Gasteiger partial charge < -0.3 is 10.5 Å². The van der Waals surface area contributed by atoms with Gasteiger partial charge in [0.05, 0.1) is 7.11 Å². The molecule has 2 heteroatoms. The van der Waals surface area contributed by atoms with E-state index in [9.17, 15) is 0 Å². The fourth-order valence-electron chi connectivity index (χ4n) is 2.07. The number of ether oxygens (including phenoxy) is 1. The van der Waals surface area contributed by atoms with E-state index in [1.807, 2.05) is 12.1 Å². The van der Waals surface area contributed by atoms with Gasteiger partial charge in [0.1, 0.15) is 5.75 Å². The summed E-state index contributed by atoms with van der Waals surface area (Å²) in [4.78, 5) is 0. The molecule has 15 heavy (non-hydrogen) atoms. The standard InChI is InChI=1S/C13H21NO/c1-4-11(10(2)9-14)12-7-5-6-8-13(12)15-3/h5-8,10-11H,4,9,14H2,1-3H3. The van der Waals surface area contributed by atoms with E-state index in [1.54, 1.807) is 7.11 Å². The summed E-state index contributed by atoms with van der Waals surface area (Å²) in [7, 11) is 1.72. The molecular formula is C13H21NO. The largest absolute Gasteiger partial charge is 0.496 e. The SMILES string of the molecule is CCC(c1ccccc1OC)C(C)CN. The fourth-order valence-corrected chi connectivity index (χ4v) is 2.07. The van der Waals surface area contributed by atoms with Gasteiger partial charge in [0, 0.05) is 0 Å². The molecule has 0 radical (unpaired) electrons. The first-order valence-electron chi connectivity index (χ1n) is 5.57. The topological polar surface area (TPSA) is 35.2 Å². The van der Waals surface area contributed by atoms with Crippen molar-refractivity contribution in [3.8, 4) is 5.75 Å². The van der Waals surface area contributed by atoms with Crippen molar-refractivity contribution in [3.05, 3.63) is 29.8 Å². The Labute approximate surface area is 92.4 Å². The molecule has 1 aromatic rings. The fraction of sp³-hybridized carbons (Fsp3) is 0.538. The lowest BCUT2D eigenvalue weighted by molar-refractivity contribution is 0.387. The van der Waals surface area contributed by atoms with E-state index in [0.29, 0.717) is 11.8 Å². The van der Waals surface area contributed by atoms with Crippen molar-refractivity contribution in [3.63, 3.8) is 0 Å². The van der Waals surface area contributed by atoms with Crippen LogP contribution in [0.3, 0.4) is 0 Å². The number of para-hydroxylation sites is 1. The van der Waals surface area contributed by atoms with Gasteiger partial charge in [-0.15, -0.1) is 0 Å². The Morgan fingerprint density at radius 1 is 1.33 bits per heavy atom. The quantitative estimate of drug-likeness (QED) is 0.805. The molecular weight excluding hydrogens is 186 g/mol. The van der Waals surface area contributed by atoms with Gasteiger partial charge in [-0.2, -0.15) is 0 Å². The molecule has 0 saturated carbocycles. The van der Waals surface area contributed by atoms with Gasteiger partial charge in [0.2, 0.25) is 0 Å². The lowest BCUT2D eigenvalue weighted by atomic mass is 9.85. The molecule has 2 atom stereocenters. The van der Waals surface area contributed by atoms with Gasteiger partial charge in [0.15, 0.2) is 0 Å². The van der Waals surface area contributed by atoms with E-state index in [-0.39, 0.29) is 0 Å². The minimum absolute atomic E-state index is 0.492. The molecule has 0 aliphatic rings. The van der Waals surface area contributed by atoms with E-state index < -0.39 is 0 Å². The van der Waals surface area contributed by atoms with Crippen molar-refractivity contribution in [1.29, 1.82) is 0 Å². The molecule has 0 aromatic heterocycles. The third kappa shape index (κ3) is 2.72. The first kappa shape index (κ1) is 12.1. The Kier molecular flexibility index (Phi) is 4.63. The predicted molar refractivity (Wildman–Crippen MR) is 64.2 cm³/mol. The number of methoxy groups -OCH3 is 1. The van der Waals surface area contributed by atoms with E-state index >= 15 is 0 Å². The molecule has 2 N–H and O–H groups in total. The number of rotatable bonds is 5. The van der Waals surface area contributed by atoms with Crippen LogP contribution in [0.2, 0.25) is 0 Å². The Hall–Kier alpha value is -1.02. The Balaban J connectivity index is 3.00. The Morgan fingerprint density at radius 3 is 2.53 bits per heavy atom. The molecule has 0 saturated heterocycles. The second-order valence-corrected chi connectivity index (χ2v) is 3.97. The molecule has 2 unspecified atom stereocenters. The maximum Gasteiger partial charge on any atom is 0.122 e. The summed E-state index contributed by atoms with van der Waals surface area (Å²) >= 11 is 0. The molecule has 0 aliphatic carbocycles. The van der Waals surface area contributed by atoms with Gasteiger partial charge in [-0.3, -0.25) is 0 Å². The second kappa shape index (κ2) is 5.76. The van der Waals surface area contributed by atoms with Crippen molar-refractivity contribution in [2.45, 2.75) is 26.2 Å². The third-order valence-corrected chi connectivity index (χ3v) is 3.04. The maximum atomic E-state index is 5.74. The van der Waals surface area contributed by atoms with Gasteiger partial charge in [-0.05, 0) is 36.4 Å². The van der Waals surface area contributed by atoms with Crippen LogP contribution in [0.25, 0.3) is 0 Å². The lowest BCUT2D eigenvalue weighted by Gasteiger charge is -2.23. The highest BCUT2D eigenvalue weighted by atomic mass is 16.5. The number of benzene rings is 1. The van der Waals surface area contributed by atoms with E-state index in [0.717, 1.165) is 18.7 Å². The zero-order chi connectivity index (χ0) is 11.3. The highest BCUT2D eigenvalue weighted by Crippen LogP contribution is 2.33. The number of hydrogen-bond donors (Lipinski definition) is 1. The van der Waals surface area contributed by atoms with Crippen LogP contribution in [0, 0.1) is 5.92 Å². The normalized spacial score (nSPS) is 14.7. The monoisotopic (exact) mass is 207 g/mol. The lowest BCUT2D eigenvalue weighted by Crippen LogP contribution is -2.19. The van der Waals surface area contributed by atoms with Crippen LogP contribution in [-0.4, -0.2) is 13.7 Å².